The van der Waals surface area contributed by atoms with Crippen molar-refractivity contribution in [3.05, 3.63) is 11.5 Å². The molecule has 2 saturated heterocycles. The highest BCUT2D eigenvalue weighted by atomic mass is 16.5. The lowest BCUT2D eigenvalue weighted by Crippen LogP contribution is -2.28. The molecule has 1 aromatic rings. The van der Waals surface area contributed by atoms with E-state index in [0.29, 0.717) is 17.9 Å². The lowest BCUT2D eigenvalue weighted by atomic mass is 10.1. The Bertz CT molecular complexity index is 511. The standard InChI is InChI=1S/C13H20N4O2/c1-8-15-11(13(18)19-2)12(14)17(8)10-5-7-16-6-3-4-9(10)16/h9-10H,3-7,14H2,1-2H3. The van der Waals surface area contributed by atoms with Crippen LogP contribution in [0.5, 0.6) is 0 Å². The monoisotopic (exact) mass is 264 g/mol. The van der Waals surface area contributed by atoms with Crippen LogP contribution in [0, 0.1) is 6.92 Å². The number of nitrogen functional groups attached to an aromatic ring is 1. The molecule has 2 aliphatic heterocycles. The number of nitrogens with zero attached hydrogens (tertiary/aromatic N) is 3. The molecular weight excluding hydrogens is 244 g/mol. The predicted molar refractivity (Wildman–Crippen MR) is 71.0 cm³/mol. The molecule has 0 spiro atoms. The van der Waals surface area contributed by atoms with Gasteiger partial charge >= 0.3 is 5.97 Å². The number of aryl methyl sites for hydroxylation is 1. The molecule has 6 heteroatoms. The van der Waals surface area contributed by atoms with Crippen LogP contribution in [0.25, 0.3) is 0 Å². The number of hydrogen-bond donors (Lipinski definition) is 1. The van der Waals surface area contributed by atoms with Crippen LogP contribution in [-0.2, 0) is 4.74 Å². The van der Waals surface area contributed by atoms with Crippen LogP contribution in [0.2, 0.25) is 0 Å². The summed E-state index contributed by atoms with van der Waals surface area (Å²) in [7, 11) is 1.35. The second-order valence-corrected chi connectivity index (χ2v) is 5.36. The van der Waals surface area contributed by atoms with Crippen LogP contribution in [0.3, 0.4) is 0 Å². The average Bonchev–Trinajstić information content (AvgIpc) is 3.05. The smallest absolute Gasteiger partial charge is 0.360 e. The van der Waals surface area contributed by atoms with E-state index < -0.39 is 5.97 Å². The van der Waals surface area contributed by atoms with Gasteiger partial charge in [-0.25, -0.2) is 9.78 Å². The maximum absolute atomic E-state index is 11.7. The van der Waals surface area contributed by atoms with Crippen LogP contribution >= 0.6 is 0 Å². The molecule has 0 amide bonds. The number of fused-ring (bicyclic) bond motifs is 1. The summed E-state index contributed by atoms with van der Waals surface area (Å²) in [6.07, 6.45) is 3.53. The number of imidazole rings is 1. The minimum atomic E-state index is -0.458. The van der Waals surface area contributed by atoms with Crippen molar-refractivity contribution in [1.82, 2.24) is 14.5 Å². The second-order valence-electron chi connectivity index (χ2n) is 5.36. The zero-order valence-electron chi connectivity index (χ0n) is 11.4. The first-order chi connectivity index (χ1) is 9.13. The molecule has 1 aromatic heterocycles. The maximum Gasteiger partial charge on any atom is 0.360 e. The van der Waals surface area contributed by atoms with E-state index in [1.54, 1.807) is 0 Å². The van der Waals surface area contributed by atoms with Crippen LogP contribution in [0.15, 0.2) is 0 Å². The van der Waals surface area contributed by atoms with Gasteiger partial charge in [0.1, 0.15) is 11.6 Å². The van der Waals surface area contributed by atoms with E-state index in [0.717, 1.165) is 18.8 Å². The Hall–Kier alpha value is -1.56. The molecule has 2 aliphatic rings. The first kappa shape index (κ1) is 12.5. The molecule has 6 nitrogen and oxygen atoms in total. The van der Waals surface area contributed by atoms with Gasteiger partial charge in [0, 0.05) is 12.6 Å². The van der Waals surface area contributed by atoms with Crippen molar-refractivity contribution in [2.75, 3.05) is 25.9 Å². The molecule has 0 radical (unpaired) electrons. The molecule has 19 heavy (non-hydrogen) atoms. The lowest BCUT2D eigenvalue weighted by molar-refractivity contribution is 0.0595. The van der Waals surface area contributed by atoms with Gasteiger partial charge in [0.05, 0.1) is 13.2 Å². The van der Waals surface area contributed by atoms with E-state index in [1.165, 1.54) is 26.5 Å². The summed E-state index contributed by atoms with van der Waals surface area (Å²) in [5, 5.41) is 0. The Morgan fingerprint density at radius 2 is 2.16 bits per heavy atom. The summed E-state index contributed by atoms with van der Waals surface area (Å²) >= 11 is 0. The highest BCUT2D eigenvalue weighted by Crippen LogP contribution is 2.38. The van der Waals surface area contributed by atoms with Crippen LogP contribution in [0.4, 0.5) is 5.82 Å². The average molecular weight is 264 g/mol. The Morgan fingerprint density at radius 1 is 1.37 bits per heavy atom. The molecule has 2 N–H and O–H groups in total. The number of carbonyl (C=O) groups excluding carboxylic acids is 1. The molecule has 2 fully saturated rings. The molecule has 0 saturated carbocycles. The molecule has 0 bridgehead atoms. The van der Waals surface area contributed by atoms with Crippen molar-refractivity contribution in [2.45, 2.75) is 38.3 Å². The number of carbonyl (C=O) groups is 1. The minimum Gasteiger partial charge on any atom is -0.464 e. The number of methoxy groups -OCH3 is 1. The third-order valence-corrected chi connectivity index (χ3v) is 4.41. The Labute approximate surface area is 112 Å². The molecule has 0 aromatic carbocycles. The molecule has 2 unspecified atom stereocenters. The maximum atomic E-state index is 11.7. The Morgan fingerprint density at radius 3 is 2.89 bits per heavy atom. The van der Waals surface area contributed by atoms with Crippen LogP contribution < -0.4 is 5.73 Å². The van der Waals surface area contributed by atoms with Crippen molar-refractivity contribution in [1.29, 1.82) is 0 Å². The molecular formula is C13H20N4O2. The second kappa shape index (κ2) is 4.52. The number of nitrogens with two attached hydrogens (primary N) is 1. The highest BCUT2D eigenvalue weighted by Gasteiger charge is 2.40. The molecule has 3 heterocycles. The van der Waals surface area contributed by atoms with Crippen molar-refractivity contribution in [2.24, 2.45) is 0 Å². The van der Waals surface area contributed by atoms with Gasteiger partial charge in [0.2, 0.25) is 0 Å². The fourth-order valence-corrected chi connectivity index (χ4v) is 3.58. The topological polar surface area (TPSA) is 73.4 Å². The summed E-state index contributed by atoms with van der Waals surface area (Å²) in [6.45, 7) is 4.19. The third-order valence-electron chi connectivity index (χ3n) is 4.41. The minimum absolute atomic E-state index is 0.247. The van der Waals surface area contributed by atoms with Gasteiger partial charge < -0.3 is 15.0 Å². The first-order valence-electron chi connectivity index (χ1n) is 6.80. The van der Waals surface area contributed by atoms with Crippen molar-refractivity contribution in [3.63, 3.8) is 0 Å². The normalized spacial score (nSPS) is 26.6. The number of esters is 1. The van der Waals surface area contributed by atoms with Gasteiger partial charge in [-0.05, 0) is 32.7 Å². The van der Waals surface area contributed by atoms with Gasteiger partial charge in [-0.1, -0.05) is 0 Å². The zero-order chi connectivity index (χ0) is 13.6. The fourth-order valence-electron chi connectivity index (χ4n) is 3.58. The summed E-state index contributed by atoms with van der Waals surface area (Å²) in [5.41, 5.74) is 6.37. The summed E-state index contributed by atoms with van der Waals surface area (Å²) < 4.78 is 6.76. The number of ether oxygens (including phenoxy) is 1. The van der Waals surface area contributed by atoms with Gasteiger partial charge in [-0.15, -0.1) is 0 Å². The summed E-state index contributed by atoms with van der Waals surface area (Å²) in [5.74, 6) is 0.792. The van der Waals surface area contributed by atoms with E-state index in [2.05, 4.69) is 9.88 Å². The quantitative estimate of drug-likeness (QED) is 0.806. The fraction of sp³-hybridized carbons (Fsp3) is 0.692. The van der Waals surface area contributed by atoms with E-state index in [-0.39, 0.29) is 5.69 Å². The van der Waals surface area contributed by atoms with Crippen molar-refractivity contribution in [3.8, 4) is 0 Å². The highest BCUT2D eigenvalue weighted by molar-refractivity contribution is 5.92. The number of anilines is 1. The van der Waals surface area contributed by atoms with Crippen LogP contribution in [-0.4, -0.2) is 46.7 Å². The molecule has 104 valence electrons. The van der Waals surface area contributed by atoms with Crippen LogP contribution in [0.1, 0.15) is 41.6 Å². The zero-order valence-corrected chi connectivity index (χ0v) is 11.4. The van der Waals surface area contributed by atoms with Crippen molar-refractivity contribution >= 4 is 11.8 Å². The van der Waals surface area contributed by atoms with E-state index in [9.17, 15) is 4.79 Å². The number of rotatable bonds is 2. The third kappa shape index (κ3) is 1.82. The lowest BCUT2D eigenvalue weighted by Gasteiger charge is -2.23. The SMILES string of the molecule is COC(=O)c1nc(C)n(C2CCN3CCCC23)c1N. The van der Waals surface area contributed by atoms with Gasteiger partial charge in [-0.3, -0.25) is 4.90 Å². The number of hydrogen-bond acceptors (Lipinski definition) is 5. The number of aromatic nitrogens is 2. The van der Waals surface area contributed by atoms with Crippen molar-refractivity contribution < 1.29 is 9.53 Å². The van der Waals surface area contributed by atoms with Gasteiger partial charge in [-0.2, -0.15) is 0 Å². The largest absolute Gasteiger partial charge is 0.464 e. The molecule has 2 atom stereocenters. The predicted octanol–water partition coefficient (Wildman–Crippen LogP) is 0.970. The van der Waals surface area contributed by atoms with E-state index in [1.807, 2.05) is 11.5 Å². The molecule has 3 rings (SSSR count). The molecule has 0 aliphatic carbocycles. The van der Waals surface area contributed by atoms with Gasteiger partial charge in [0.25, 0.3) is 0 Å². The van der Waals surface area contributed by atoms with Gasteiger partial charge in [0.15, 0.2) is 5.69 Å². The Kier molecular flexibility index (Phi) is 2.97. The summed E-state index contributed by atoms with van der Waals surface area (Å²) in [4.78, 5) is 18.5. The van der Waals surface area contributed by atoms with E-state index in [4.69, 9.17) is 10.5 Å². The Balaban J connectivity index is 1.97. The summed E-state index contributed by atoms with van der Waals surface area (Å²) in [6, 6.07) is 0.883. The first-order valence-corrected chi connectivity index (χ1v) is 6.80. The van der Waals surface area contributed by atoms with E-state index >= 15 is 0 Å².